The van der Waals surface area contributed by atoms with E-state index in [4.69, 9.17) is 14.6 Å². The first-order valence-electron chi connectivity index (χ1n) is 9.55. The second-order valence-corrected chi connectivity index (χ2v) is 7.46. The first-order chi connectivity index (χ1) is 13.7. The lowest BCUT2D eigenvalue weighted by Crippen LogP contribution is -2.33. The van der Waals surface area contributed by atoms with Crippen molar-refractivity contribution in [3.63, 3.8) is 0 Å². The van der Waals surface area contributed by atoms with Crippen molar-refractivity contribution >= 4 is 17.7 Å². The van der Waals surface area contributed by atoms with Gasteiger partial charge in [0.05, 0.1) is 13.2 Å². The van der Waals surface area contributed by atoms with Gasteiger partial charge in [-0.25, -0.2) is 4.79 Å². The molecule has 4 atom stereocenters. The van der Waals surface area contributed by atoms with Gasteiger partial charge in [0.1, 0.15) is 12.2 Å². The van der Waals surface area contributed by atoms with Crippen LogP contribution in [0.5, 0.6) is 0 Å². The third-order valence-electron chi connectivity index (χ3n) is 5.32. The zero-order chi connectivity index (χ0) is 21.7. The maximum Gasteiger partial charge on any atom is 0.334 e. The molecule has 1 aliphatic heterocycles. The fraction of sp³-hybridized carbons (Fsp3) is 0.500. The van der Waals surface area contributed by atoms with Gasteiger partial charge in [0, 0.05) is 36.3 Å². The summed E-state index contributed by atoms with van der Waals surface area (Å²) < 4.78 is 10.9. The summed E-state index contributed by atoms with van der Waals surface area (Å²) in [6, 6.07) is 0. The van der Waals surface area contributed by atoms with Crippen molar-refractivity contribution in [2.24, 2.45) is 11.8 Å². The van der Waals surface area contributed by atoms with E-state index in [2.05, 4.69) is 6.58 Å². The van der Waals surface area contributed by atoms with Crippen LogP contribution >= 0.6 is 0 Å². The molecule has 0 radical (unpaired) electrons. The van der Waals surface area contributed by atoms with Gasteiger partial charge in [0.25, 0.3) is 0 Å². The van der Waals surface area contributed by atoms with E-state index in [1.165, 1.54) is 13.0 Å². The molecule has 0 aromatic carbocycles. The molecule has 158 valence electrons. The highest BCUT2D eigenvalue weighted by Gasteiger charge is 2.45. The average molecular weight is 404 g/mol. The Bertz CT molecular complexity index is 787. The Morgan fingerprint density at radius 3 is 2.62 bits per heavy atom. The van der Waals surface area contributed by atoms with E-state index in [1.807, 2.05) is 13.0 Å². The number of carbonyl (C=O) groups is 3. The highest BCUT2D eigenvalue weighted by atomic mass is 16.6. The first-order valence-corrected chi connectivity index (χ1v) is 9.55. The molecule has 29 heavy (non-hydrogen) atoms. The molecule has 1 fully saturated rings. The van der Waals surface area contributed by atoms with Gasteiger partial charge in [-0.15, -0.1) is 0 Å². The number of ketones is 1. The summed E-state index contributed by atoms with van der Waals surface area (Å²) in [5, 5.41) is 18.7. The van der Waals surface area contributed by atoms with Crippen LogP contribution in [-0.2, 0) is 23.9 Å². The molecule has 2 aliphatic rings. The maximum absolute atomic E-state index is 13.1. The Balaban J connectivity index is 2.52. The Labute approximate surface area is 170 Å². The fourth-order valence-electron chi connectivity index (χ4n) is 3.82. The number of hydrogen-bond donors (Lipinski definition) is 2. The van der Waals surface area contributed by atoms with Crippen molar-refractivity contribution < 1.29 is 34.1 Å². The average Bonchev–Trinajstić information content (AvgIpc) is 2.93. The quantitative estimate of drug-likeness (QED) is 0.408. The molecule has 7 nitrogen and oxygen atoms in total. The van der Waals surface area contributed by atoms with Crippen molar-refractivity contribution in [2.75, 3.05) is 13.2 Å². The number of hydrogen-bond acceptors (Lipinski definition) is 7. The van der Waals surface area contributed by atoms with E-state index in [1.54, 1.807) is 13.0 Å². The van der Waals surface area contributed by atoms with Gasteiger partial charge in [-0.1, -0.05) is 24.3 Å². The molecule has 1 heterocycles. The SMILES string of the molecule is C=C1C(=O)O[C@@H]2/C=C(/C)[C@@H](OC(C)=O)CC=C(C)C[C@@H](C(=O)/C(=C/CO)CO)[C@@H]12. The minimum absolute atomic E-state index is 0.0896. The Hall–Kier alpha value is -2.51. The van der Waals surface area contributed by atoms with Crippen LogP contribution in [0.15, 0.2) is 47.1 Å². The number of Topliss-reactive ketones (excluding diaryl/α,β-unsaturated/α-hetero) is 1. The lowest BCUT2D eigenvalue weighted by Gasteiger charge is -2.28. The molecule has 1 saturated heterocycles. The van der Waals surface area contributed by atoms with E-state index in [0.29, 0.717) is 18.4 Å². The van der Waals surface area contributed by atoms with Crippen LogP contribution in [0.1, 0.15) is 33.6 Å². The molecule has 2 N–H and O–H groups in total. The number of carbonyl (C=O) groups excluding carboxylic acids is 3. The number of ether oxygens (including phenoxy) is 2. The second kappa shape index (κ2) is 9.80. The van der Waals surface area contributed by atoms with Gasteiger partial charge in [-0.2, -0.15) is 0 Å². The van der Waals surface area contributed by atoms with Crippen LogP contribution in [0.2, 0.25) is 0 Å². The van der Waals surface area contributed by atoms with E-state index in [9.17, 15) is 19.5 Å². The van der Waals surface area contributed by atoms with Crippen LogP contribution in [0, 0.1) is 11.8 Å². The molecule has 2 rings (SSSR count). The van der Waals surface area contributed by atoms with Gasteiger partial charge in [-0.3, -0.25) is 9.59 Å². The van der Waals surface area contributed by atoms with Crippen molar-refractivity contribution in [1.29, 1.82) is 0 Å². The topological polar surface area (TPSA) is 110 Å². The lowest BCUT2D eigenvalue weighted by atomic mass is 9.75. The standard InChI is InChI=1S/C22H28O7/c1-12-5-6-18(28-15(4)25)13(2)10-19-20(14(3)22(27)29-19)17(9-12)21(26)16(11-24)7-8-23/h5,7,10,17-20,23-24H,3,6,8-9,11H2,1-2,4H3/b12-5?,13-10-,16-7+/t17-,18+,19-,20-/m1/s1. The monoisotopic (exact) mass is 404 g/mol. The summed E-state index contributed by atoms with van der Waals surface area (Å²) in [6.07, 6.45) is 4.40. The van der Waals surface area contributed by atoms with Gasteiger partial charge < -0.3 is 19.7 Å². The summed E-state index contributed by atoms with van der Waals surface area (Å²) in [5.74, 6) is -2.66. The predicted octanol–water partition coefficient (Wildman–Crippen LogP) is 1.80. The summed E-state index contributed by atoms with van der Waals surface area (Å²) >= 11 is 0. The number of allylic oxidation sites excluding steroid dienone is 1. The normalized spacial score (nSPS) is 29.9. The van der Waals surface area contributed by atoms with Crippen molar-refractivity contribution in [1.82, 2.24) is 0 Å². The maximum atomic E-state index is 13.1. The molecule has 0 bridgehead atoms. The van der Waals surface area contributed by atoms with Gasteiger partial charge >= 0.3 is 11.9 Å². The van der Waals surface area contributed by atoms with Crippen molar-refractivity contribution in [3.05, 3.63) is 47.1 Å². The first kappa shape index (κ1) is 22.8. The molecule has 0 aromatic rings. The zero-order valence-corrected chi connectivity index (χ0v) is 17.0. The van der Waals surface area contributed by atoms with Gasteiger partial charge in [0.15, 0.2) is 5.78 Å². The molecule has 1 aliphatic carbocycles. The number of rotatable bonds is 5. The summed E-state index contributed by atoms with van der Waals surface area (Å²) in [7, 11) is 0. The van der Waals surface area contributed by atoms with Crippen LogP contribution in [0.25, 0.3) is 0 Å². The van der Waals surface area contributed by atoms with E-state index < -0.39 is 42.6 Å². The Morgan fingerprint density at radius 1 is 1.34 bits per heavy atom. The molecule has 0 spiro atoms. The largest absolute Gasteiger partial charge is 0.458 e. The van der Waals surface area contributed by atoms with E-state index >= 15 is 0 Å². The molecule has 0 aromatic heterocycles. The number of aliphatic hydroxyl groups is 2. The van der Waals surface area contributed by atoms with Crippen LogP contribution in [0.4, 0.5) is 0 Å². The molecular formula is C22H28O7. The van der Waals surface area contributed by atoms with E-state index in [0.717, 1.165) is 5.57 Å². The summed E-state index contributed by atoms with van der Waals surface area (Å²) in [6.45, 7) is 7.92. The summed E-state index contributed by atoms with van der Waals surface area (Å²) in [4.78, 5) is 36.9. The molecule has 0 amide bonds. The number of aliphatic hydroxyl groups excluding tert-OH is 2. The minimum Gasteiger partial charge on any atom is -0.458 e. The fourth-order valence-corrected chi connectivity index (χ4v) is 3.82. The Morgan fingerprint density at radius 2 is 2.03 bits per heavy atom. The van der Waals surface area contributed by atoms with Gasteiger partial charge in [0.2, 0.25) is 0 Å². The summed E-state index contributed by atoms with van der Waals surface area (Å²) in [5.41, 5.74) is 1.87. The van der Waals surface area contributed by atoms with Crippen LogP contribution in [-0.4, -0.2) is 53.4 Å². The van der Waals surface area contributed by atoms with Crippen molar-refractivity contribution in [3.8, 4) is 0 Å². The smallest absolute Gasteiger partial charge is 0.334 e. The minimum atomic E-state index is -0.734. The molecular weight excluding hydrogens is 376 g/mol. The molecule has 7 heteroatoms. The highest BCUT2D eigenvalue weighted by molar-refractivity contribution is 6.00. The number of fused-ring (bicyclic) bond motifs is 1. The highest BCUT2D eigenvalue weighted by Crippen LogP contribution is 2.40. The lowest BCUT2D eigenvalue weighted by molar-refractivity contribution is -0.144. The molecule has 0 unspecified atom stereocenters. The van der Waals surface area contributed by atoms with Crippen LogP contribution < -0.4 is 0 Å². The number of esters is 2. The third kappa shape index (κ3) is 5.31. The molecule has 0 saturated carbocycles. The van der Waals surface area contributed by atoms with Crippen LogP contribution in [0.3, 0.4) is 0 Å². The zero-order valence-electron chi connectivity index (χ0n) is 17.0. The Kier molecular flexibility index (Phi) is 7.70. The van der Waals surface area contributed by atoms with Gasteiger partial charge in [-0.05, 0) is 31.9 Å². The van der Waals surface area contributed by atoms with E-state index in [-0.39, 0.29) is 23.5 Å². The second-order valence-electron chi connectivity index (χ2n) is 7.46. The predicted molar refractivity (Wildman–Crippen MR) is 106 cm³/mol. The third-order valence-corrected chi connectivity index (χ3v) is 5.32. The van der Waals surface area contributed by atoms with Crippen molar-refractivity contribution in [2.45, 2.75) is 45.8 Å².